The lowest BCUT2D eigenvalue weighted by Crippen LogP contribution is -2.47. The summed E-state index contributed by atoms with van der Waals surface area (Å²) in [7, 11) is 1.63. The molecule has 17 heavy (non-hydrogen) atoms. The predicted molar refractivity (Wildman–Crippen MR) is 68.7 cm³/mol. The SMILES string of the molecule is CC(C)NCC(=O)N(C)CC(=O)NC(C)(C)C. The number of likely N-dealkylation sites (N-methyl/N-ethyl adjacent to an activating group) is 1. The van der Waals surface area contributed by atoms with Gasteiger partial charge in [0, 0.05) is 18.6 Å². The largest absolute Gasteiger partial charge is 0.350 e. The molecule has 0 aliphatic carbocycles. The molecule has 0 aromatic carbocycles. The van der Waals surface area contributed by atoms with Crippen LogP contribution in [-0.4, -0.2) is 48.4 Å². The van der Waals surface area contributed by atoms with E-state index in [4.69, 9.17) is 0 Å². The molecule has 5 heteroatoms. The van der Waals surface area contributed by atoms with Crippen LogP contribution < -0.4 is 10.6 Å². The Morgan fingerprint density at radius 1 is 1.24 bits per heavy atom. The molecule has 0 fully saturated rings. The highest BCUT2D eigenvalue weighted by Crippen LogP contribution is 1.98. The van der Waals surface area contributed by atoms with Crippen molar-refractivity contribution in [1.82, 2.24) is 15.5 Å². The number of nitrogens with one attached hydrogen (secondary N) is 2. The summed E-state index contributed by atoms with van der Waals surface area (Å²) in [5.41, 5.74) is -0.267. The van der Waals surface area contributed by atoms with E-state index in [1.54, 1.807) is 7.05 Å². The summed E-state index contributed by atoms with van der Waals surface area (Å²) in [4.78, 5) is 24.6. The normalized spacial score (nSPS) is 11.5. The lowest BCUT2D eigenvalue weighted by atomic mass is 10.1. The maximum absolute atomic E-state index is 11.6. The predicted octanol–water partition coefficient (Wildman–Crippen LogP) is 0.358. The number of hydrogen-bond donors (Lipinski definition) is 2. The fourth-order valence-corrected chi connectivity index (χ4v) is 1.19. The van der Waals surface area contributed by atoms with Crippen molar-refractivity contribution in [3.05, 3.63) is 0 Å². The Morgan fingerprint density at radius 3 is 2.18 bits per heavy atom. The summed E-state index contributed by atoms with van der Waals surface area (Å²) in [6.07, 6.45) is 0. The van der Waals surface area contributed by atoms with E-state index in [-0.39, 0.29) is 36.5 Å². The number of carbonyl (C=O) groups is 2. The lowest BCUT2D eigenvalue weighted by molar-refractivity contribution is -0.134. The van der Waals surface area contributed by atoms with Crippen molar-refractivity contribution in [3.8, 4) is 0 Å². The van der Waals surface area contributed by atoms with Gasteiger partial charge in [-0.1, -0.05) is 13.8 Å². The molecular weight excluding hydrogens is 218 g/mol. The Hall–Kier alpha value is -1.10. The van der Waals surface area contributed by atoms with E-state index in [2.05, 4.69) is 10.6 Å². The zero-order valence-corrected chi connectivity index (χ0v) is 11.8. The average Bonchev–Trinajstić information content (AvgIpc) is 2.10. The minimum Gasteiger partial charge on any atom is -0.350 e. The van der Waals surface area contributed by atoms with E-state index < -0.39 is 0 Å². The topological polar surface area (TPSA) is 61.4 Å². The van der Waals surface area contributed by atoms with Gasteiger partial charge in [0.15, 0.2) is 0 Å². The molecule has 0 saturated heterocycles. The summed E-state index contributed by atoms with van der Waals surface area (Å²) in [5.74, 6) is -0.222. The maximum Gasteiger partial charge on any atom is 0.240 e. The highest BCUT2D eigenvalue weighted by atomic mass is 16.2. The first-order valence-electron chi connectivity index (χ1n) is 5.90. The van der Waals surface area contributed by atoms with Crippen molar-refractivity contribution >= 4 is 11.8 Å². The zero-order valence-electron chi connectivity index (χ0n) is 11.8. The van der Waals surface area contributed by atoms with Crippen molar-refractivity contribution in [1.29, 1.82) is 0 Å². The van der Waals surface area contributed by atoms with Crippen molar-refractivity contribution in [2.75, 3.05) is 20.1 Å². The third kappa shape index (κ3) is 8.68. The van der Waals surface area contributed by atoms with Crippen LogP contribution in [0.4, 0.5) is 0 Å². The minimum absolute atomic E-state index is 0.0808. The molecule has 0 bridgehead atoms. The fraction of sp³-hybridized carbons (Fsp3) is 0.833. The van der Waals surface area contributed by atoms with E-state index in [0.29, 0.717) is 0 Å². The van der Waals surface area contributed by atoms with E-state index >= 15 is 0 Å². The summed E-state index contributed by atoms with van der Waals surface area (Å²) >= 11 is 0. The van der Waals surface area contributed by atoms with Gasteiger partial charge in [-0.3, -0.25) is 9.59 Å². The van der Waals surface area contributed by atoms with Crippen LogP contribution >= 0.6 is 0 Å². The zero-order chi connectivity index (χ0) is 13.6. The number of rotatable bonds is 5. The highest BCUT2D eigenvalue weighted by Gasteiger charge is 2.17. The first-order chi connectivity index (χ1) is 7.61. The molecule has 2 amide bonds. The van der Waals surface area contributed by atoms with Crippen LogP contribution in [0.5, 0.6) is 0 Å². The van der Waals surface area contributed by atoms with Gasteiger partial charge in [-0.25, -0.2) is 0 Å². The van der Waals surface area contributed by atoms with Crippen LogP contribution in [0, 0.1) is 0 Å². The van der Waals surface area contributed by atoms with Crippen molar-refractivity contribution in [2.45, 2.75) is 46.2 Å². The number of nitrogens with zero attached hydrogens (tertiary/aromatic N) is 1. The molecule has 0 heterocycles. The molecule has 100 valence electrons. The second-order valence-electron chi connectivity index (χ2n) is 5.58. The molecule has 0 saturated carbocycles. The molecule has 0 aliphatic heterocycles. The Morgan fingerprint density at radius 2 is 1.76 bits per heavy atom. The van der Waals surface area contributed by atoms with Crippen molar-refractivity contribution < 1.29 is 9.59 Å². The van der Waals surface area contributed by atoms with E-state index in [9.17, 15) is 9.59 Å². The molecule has 0 spiro atoms. The Labute approximate surface area is 104 Å². The second kappa shape index (κ2) is 6.59. The number of hydrogen-bond acceptors (Lipinski definition) is 3. The molecule has 0 radical (unpaired) electrons. The summed E-state index contributed by atoms with van der Waals surface area (Å²) in [6.45, 7) is 10.0. The molecule has 0 atom stereocenters. The number of carbonyl (C=O) groups excluding carboxylic acids is 2. The van der Waals surface area contributed by atoms with Crippen molar-refractivity contribution in [2.24, 2.45) is 0 Å². The van der Waals surface area contributed by atoms with Crippen LogP contribution in [0.1, 0.15) is 34.6 Å². The molecule has 0 rings (SSSR count). The Balaban J connectivity index is 4.03. The van der Waals surface area contributed by atoms with Gasteiger partial charge in [0.05, 0.1) is 13.1 Å². The molecule has 0 aliphatic rings. The van der Waals surface area contributed by atoms with Crippen LogP contribution in [-0.2, 0) is 9.59 Å². The Bertz CT molecular complexity index is 269. The van der Waals surface area contributed by atoms with Gasteiger partial charge >= 0.3 is 0 Å². The first-order valence-corrected chi connectivity index (χ1v) is 5.90. The highest BCUT2D eigenvalue weighted by molar-refractivity contribution is 5.85. The molecule has 0 unspecified atom stereocenters. The molecular formula is C12H25N3O2. The van der Waals surface area contributed by atoms with E-state index in [1.807, 2.05) is 34.6 Å². The van der Waals surface area contributed by atoms with Crippen LogP contribution in [0.25, 0.3) is 0 Å². The smallest absolute Gasteiger partial charge is 0.240 e. The third-order valence-electron chi connectivity index (χ3n) is 1.98. The minimum atomic E-state index is -0.267. The first kappa shape index (κ1) is 15.9. The molecule has 0 aromatic heterocycles. The van der Waals surface area contributed by atoms with Gasteiger partial charge in [0.25, 0.3) is 0 Å². The second-order valence-corrected chi connectivity index (χ2v) is 5.58. The van der Waals surface area contributed by atoms with Gasteiger partial charge < -0.3 is 15.5 Å². The third-order valence-corrected chi connectivity index (χ3v) is 1.98. The van der Waals surface area contributed by atoms with Gasteiger partial charge in [-0.2, -0.15) is 0 Å². The number of amides is 2. The van der Waals surface area contributed by atoms with Crippen LogP contribution in [0.15, 0.2) is 0 Å². The van der Waals surface area contributed by atoms with Crippen molar-refractivity contribution in [3.63, 3.8) is 0 Å². The summed E-state index contributed by atoms with van der Waals surface area (Å²) < 4.78 is 0. The summed E-state index contributed by atoms with van der Waals surface area (Å²) in [6, 6.07) is 0.260. The van der Waals surface area contributed by atoms with E-state index in [1.165, 1.54) is 4.90 Å². The van der Waals surface area contributed by atoms with E-state index in [0.717, 1.165) is 0 Å². The fourth-order valence-electron chi connectivity index (χ4n) is 1.19. The molecule has 5 nitrogen and oxygen atoms in total. The van der Waals surface area contributed by atoms with Gasteiger partial charge in [0.2, 0.25) is 11.8 Å². The standard InChI is InChI=1S/C12H25N3O2/c1-9(2)13-7-11(17)15(6)8-10(16)14-12(3,4)5/h9,13H,7-8H2,1-6H3,(H,14,16). The van der Waals surface area contributed by atoms with Gasteiger partial charge in [-0.05, 0) is 20.8 Å². The maximum atomic E-state index is 11.6. The quantitative estimate of drug-likeness (QED) is 0.733. The van der Waals surface area contributed by atoms with Crippen LogP contribution in [0.2, 0.25) is 0 Å². The van der Waals surface area contributed by atoms with Gasteiger partial charge in [-0.15, -0.1) is 0 Å². The average molecular weight is 243 g/mol. The lowest BCUT2D eigenvalue weighted by Gasteiger charge is -2.23. The van der Waals surface area contributed by atoms with Gasteiger partial charge in [0.1, 0.15) is 0 Å². The molecule has 0 aromatic rings. The molecule has 2 N–H and O–H groups in total. The Kier molecular flexibility index (Phi) is 6.16. The summed E-state index contributed by atoms with van der Waals surface area (Å²) in [5, 5.41) is 5.84. The van der Waals surface area contributed by atoms with Crippen LogP contribution in [0.3, 0.4) is 0 Å². The monoisotopic (exact) mass is 243 g/mol.